The number of esters is 1. The van der Waals surface area contributed by atoms with Crippen molar-refractivity contribution in [2.24, 2.45) is 17.8 Å². The quantitative estimate of drug-likeness (QED) is 0.405. The standard InChI is InChI=1S/C30H34N2O6/c1-5-13-31(22-12-11-20-9-7-8-10-21(20)17-22)27(35)25-30-18-19(3)29(4,38-30)24(28(36)37-16-6-2)23(30)26(34)32(25)14-15-33/h5-12,17,19,23-25,33H,1-2,13-16,18H2,3-4H3/t19?,23-,24-,25?,29+,30?/m0/s1. The predicted molar refractivity (Wildman–Crippen MR) is 143 cm³/mol. The molecule has 1 spiro atoms. The minimum absolute atomic E-state index is 0.0193. The third-order valence-corrected chi connectivity index (χ3v) is 8.61. The zero-order chi connectivity index (χ0) is 27.2. The summed E-state index contributed by atoms with van der Waals surface area (Å²) in [5.41, 5.74) is -1.51. The lowest BCUT2D eigenvalue weighted by atomic mass is 9.62. The lowest BCUT2D eigenvalue weighted by Crippen LogP contribution is -2.57. The molecule has 200 valence electrons. The Bertz CT molecular complexity index is 1310. The van der Waals surface area contributed by atoms with E-state index in [1.807, 2.05) is 56.3 Å². The van der Waals surface area contributed by atoms with Crippen molar-refractivity contribution in [1.29, 1.82) is 0 Å². The maximum absolute atomic E-state index is 14.5. The van der Waals surface area contributed by atoms with E-state index < -0.39 is 35.0 Å². The van der Waals surface area contributed by atoms with E-state index in [4.69, 9.17) is 9.47 Å². The van der Waals surface area contributed by atoms with E-state index in [0.29, 0.717) is 12.1 Å². The number of aliphatic hydroxyl groups is 1. The van der Waals surface area contributed by atoms with Gasteiger partial charge < -0.3 is 24.4 Å². The number of fused-ring (bicyclic) bond motifs is 2. The van der Waals surface area contributed by atoms with Crippen LogP contribution < -0.4 is 4.90 Å². The number of benzene rings is 2. The molecule has 8 heteroatoms. The van der Waals surface area contributed by atoms with Crippen molar-refractivity contribution in [2.75, 3.05) is 31.2 Å². The second kappa shape index (κ2) is 9.67. The number of hydrogen-bond donors (Lipinski definition) is 1. The Balaban J connectivity index is 1.60. The van der Waals surface area contributed by atoms with Gasteiger partial charge in [0.25, 0.3) is 5.91 Å². The molecule has 1 N–H and O–H groups in total. The summed E-state index contributed by atoms with van der Waals surface area (Å²) >= 11 is 0. The Kier molecular flexibility index (Phi) is 6.65. The van der Waals surface area contributed by atoms with Gasteiger partial charge in [-0.1, -0.05) is 56.0 Å². The van der Waals surface area contributed by atoms with Gasteiger partial charge in [-0.2, -0.15) is 0 Å². The van der Waals surface area contributed by atoms with Crippen LogP contribution in [0, 0.1) is 17.8 Å². The van der Waals surface area contributed by atoms with Crippen molar-refractivity contribution in [1.82, 2.24) is 4.90 Å². The van der Waals surface area contributed by atoms with Crippen molar-refractivity contribution in [3.05, 3.63) is 67.8 Å². The van der Waals surface area contributed by atoms with Gasteiger partial charge in [0.15, 0.2) is 0 Å². The summed E-state index contributed by atoms with van der Waals surface area (Å²) in [7, 11) is 0. The summed E-state index contributed by atoms with van der Waals surface area (Å²) in [4.78, 5) is 44.7. The first kappa shape index (κ1) is 26.1. The Hall–Kier alpha value is -3.49. The fourth-order valence-corrected chi connectivity index (χ4v) is 6.90. The molecule has 5 rings (SSSR count). The fraction of sp³-hybridized carbons (Fsp3) is 0.433. The highest BCUT2D eigenvalue weighted by molar-refractivity contribution is 6.05. The number of aliphatic hydroxyl groups excluding tert-OH is 1. The first-order chi connectivity index (χ1) is 18.2. The normalized spacial score (nSPS) is 31.3. The van der Waals surface area contributed by atoms with Crippen molar-refractivity contribution < 1.29 is 29.0 Å². The number of carbonyl (C=O) groups excluding carboxylic acids is 3. The lowest BCUT2D eigenvalue weighted by molar-refractivity contribution is -0.160. The van der Waals surface area contributed by atoms with Gasteiger partial charge in [-0.25, -0.2) is 0 Å². The number of likely N-dealkylation sites (tertiary alicyclic amines) is 1. The van der Waals surface area contributed by atoms with Crippen LogP contribution in [0.15, 0.2) is 67.8 Å². The molecular weight excluding hydrogens is 484 g/mol. The number of amides is 2. The van der Waals surface area contributed by atoms with Gasteiger partial charge in [-0.05, 0) is 42.2 Å². The van der Waals surface area contributed by atoms with E-state index in [2.05, 4.69) is 13.2 Å². The lowest BCUT2D eigenvalue weighted by Gasteiger charge is -2.37. The molecule has 0 aliphatic carbocycles. The molecule has 3 aliphatic heterocycles. The molecule has 0 aromatic heterocycles. The first-order valence-electron chi connectivity index (χ1n) is 13.0. The second-order valence-electron chi connectivity index (χ2n) is 10.6. The largest absolute Gasteiger partial charge is 0.461 e. The minimum Gasteiger partial charge on any atom is -0.461 e. The van der Waals surface area contributed by atoms with E-state index in [-0.39, 0.29) is 44.0 Å². The molecule has 0 saturated carbocycles. The minimum atomic E-state index is -1.22. The van der Waals surface area contributed by atoms with Gasteiger partial charge in [0.2, 0.25) is 5.91 Å². The third-order valence-electron chi connectivity index (χ3n) is 8.61. The molecule has 6 atom stereocenters. The second-order valence-corrected chi connectivity index (χ2v) is 10.6. The van der Waals surface area contributed by atoms with E-state index in [1.54, 1.807) is 11.0 Å². The zero-order valence-electron chi connectivity index (χ0n) is 21.8. The van der Waals surface area contributed by atoms with Crippen molar-refractivity contribution in [2.45, 2.75) is 37.5 Å². The molecule has 3 aliphatic rings. The van der Waals surface area contributed by atoms with E-state index in [1.165, 1.54) is 11.0 Å². The van der Waals surface area contributed by atoms with Gasteiger partial charge in [0.1, 0.15) is 24.2 Å². The average Bonchev–Trinajstić information content (AvgIpc) is 3.42. The number of hydrogen-bond acceptors (Lipinski definition) is 6. The van der Waals surface area contributed by atoms with Gasteiger partial charge in [0, 0.05) is 18.8 Å². The van der Waals surface area contributed by atoms with Crippen LogP contribution >= 0.6 is 0 Å². The van der Waals surface area contributed by atoms with Crippen LogP contribution in [-0.2, 0) is 23.9 Å². The zero-order valence-corrected chi connectivity index (χ0v) is 21.8. The number of anilines is 1. The summed E-state index contributed by atoms with van der Waals surface area (Å²) in [5.74, 6) is -3.10. The maximum Gasteiger partial charge on any atom is 0.313 e. The van der Waals surface area contributed by atoms with Crippen LogP contribution in [0.1, 0.15) is 20.3 Å². The SMILES string of the molecule is C=CCOC(=O)[C@@H]1[C@H]2C(=O)N(CCO)C(C(=O)N(CC=C)c3ccc4ccccc4c3)C23CC(C)[C@@]1(C)O3. The molecular formula is C30H34N2O6. The van der Waals surface area contributed by atoms with E-state index in [0.717, 1.165) is 10.8 Å². The molecule has 3 heterocycles. The molecule has 2 aromatic rings. The Morgan fingerprint density at radius 3 is 2.63 bits per heavy atom. The van der Waals surface area contributed by atoms with Gasteiger partial charge >= 0.3 is 5.97 Å². The Labute approximate surface area is 222 Å². The molecule has 3 unspecified atom stereocenters. The molecule has 2 bridgehead atoms. The molecule has 2 aromatic carbocycles. The number of rotatable bonds is 9. The van der Waals surface area contributed by atoms with Crippen LogP contribution in [0.3, 0.4) is 0 Å². The molecule has 2 amide bonds. The smallest absolute Gasteiger partial charge is 0.313 e. The number of ether oxygens (including phenoxy) is 2. The summed E-state index contributed by atoms with van der Waals surface area (Å²) in [5, 5.41) is 11.9. The fourth-order valence-electron chi connectivity index (χ4n) is 6.90. The van der Waals surface area contributed by atoms with Crippen molar-refractivity contribution in [3.8, 4) is 0 Å². The van der Waals surface area contributed by atoms with Crippen molar-refractivity contribution in [3.63, 3.8) is 0 Å². The number of carbonyl (C=O) groups is 3. The van der Waals surface area contributed by atoms with Gasteiger partial charge in [-0.15, -0.1) is 6.58 Å². The highest BCUT2D eigenvalue weighted by Crippen LogP contribution is 2.65. The van der Waals surface area contributed by atoms with Gasteiger partial charge in [-0.3, -0.25) is 14.4 Å². The van der Waals surface area contributed by atoms with Crippen LogP contribution in [-0.4, -0.2) is 71.3 Å². The molecule has 3 saturated heterocycles. The molecule has 3 fully saturated rings. The molecule has 8 nitrogen and oxygen atoms in total. The third kappa shape index (κ3) is 3.69. The summed E-state index contributed by atoms with van der Waals surface area (Å²) in [6, 6.07) is 12.6. The topological polar surface area (TPSA) is 96.4 Å². The van der Waals surface area contributed by atoms with E-state index >= 15 is 0 Å². The van der Waals surface area contributed by atoms with E-state index in [9.17, 15) is 19.5 Å². The first-order valence-corrected chi connectivity index (χ1v) is 13.0. The maximum atomic E-state index is 14.5. The highest BCUT2D eigenvalue weighted by atomic mass is 16.6. The van der Waals surface area contributed by atoms with Crippen LogP contribution in [0.4, 0.5) is 5.69 Å². The Morgan fingerprint density at radius 1 is 1.21 bits per heavy atom. The number of β-amino-alcohol motifs (C(OH)–C–C–N with tert-alkyl or cyclic N) is 1. The average molecular weight is 519 g/mol. The summed E-state index contributed by atoms with van der Waals surface area (Å²) < 4.78 is 12.1. The molecule has 0 radical (unpaired) electrons. The van der Waals surface area contributed by atoms with Crippen molar-refractivity contribution >= 4 is 34.2 Å². The number of nitrogens with zero attached hydrogens (tertiary/aromatic N) is 2. The van der Waals surface area contributed by atoms with Crippen LogP contribution in [0.2, 0.25) is 0 Å². The summed E-state index contributed by atoms with van der Waals surface area (Å²) in [6.45, 7) is 11.1. The van der Waals surface area contributed by atoms with Crippen LogP contribution in [0.25, 0.3) is 10.8 Å². The van der Waals surface area contributed by atoms with Gasteiger partial charge in [0.05, 0.1) is 18.1 Å². The molecule has 38 heavy (non-hydrogen) atoms. The summed E-state index contributed by atoms with van der Waals surface area (Å²) in [6.07, 6.45) is 3.55. The Morgan fingerprint density at radius 2 is 1.95 bits per heavy atom. The van der Waals surface area contributed by atoms with Crippen LogP contribution in [0.5, 0.6) is 0 Å². The monoisotopic (exact) mass is 518 g/mol. The predicted octanol–water partition coefficient (Wildman–Crippen LogP) is 3.09. The highest BCUT2D eigenvalue weighted by Gasteiger charge is 2.80.